The van der Waals surface area contributed by atoms with Crippen LogP contribution in [0.4, 0.5) is 13.2 Å². The summed E-state index contributed by atoms with van der Waals surface area (Å²) in [5.74, 6) is 0.720. The first-order chi connectivity index (χ1) is 17.1. The van der Waals surface area contributed by atoms with Crippen LogP contribution in [-0.4, -0.2) is 13.3 Å². The fourth-order valence-electron chi connectivity index (χ4n) is 6.11. The van der Waals surface area contributed by atoms with Crippen LogP contribution >= 0.6 is 0 Å². The van der Waals surface area contributed by atoms with Gasteiger partial charge in [0, 0.05) is 0 Å². The van der Waals surface area contributed by atoms with Gasteiger partial charge in [-0.25, -0.2) is 8.78 Å². The Morgan fingerprint density at radius 1 is 0.800 bits per heavy atom. The minimum Gasteiger partial charge on any atom is -0.491 e. The molecule has 0 spiro atoms. The Kier molecular flexibility index (Phi) is 9.34. The average molecular weight is 485 g/mol. The van der Waals surface area contributed by atoms with Crippen molar-refractivity contribution in [3.05, 3.63) is 76.9 Å². The second-order valence-corrected chi connectivity index (χ2v) is 10.4. The van der Waals surface area contributed by atoms with Gasteiger partial charge in [-0.3, -0.25) is 0 Å². The van der Waals surface area contributed by atoms with Crippen LogP contribution in [0, 0.1) is 23.5 Å². The summed E-state index contributed by atoms with van der Waals surface area (Å²) >= 11 is 0. The topological polar surface area (TPSA) is 9.23 Å². The van der Waals surface area contributed by atoms with E-state index >= 15 is 0 Å². The molecule has 1 nitrogen and oxygen atoms in total. The zero-order valence-electron chi connectivity index (χ0n) is 21.0. The van der Waals surface area contributed by atoms with Crippen molar-refractivity contribution in [1.82, 2.24) is 0 Å². The van der Waals surface area contributed by atoms with Crippen LogP contribution in [0.1, 0.15) is 93.2 Å². The highest BCUT2D eigenvalue weighted by atomic mass is 19.2. The molecule has 2 fully saturated rings. The number of rotatable bonds is 9. The number of alkyl halides is 1. The highest BCUT2D eigenvalue weighted by molar-refractivity contribution is 5.31. The first kappa shape index (κ1) is 25.9. The summed E-state index contributed by atoms with van der Waals surface area (Å²) in [4.78, 5) is 0. The van der Waals surface area contributed by atoms with Crippen LogP contribution in [0.15, 0.2) is 48.6 Å². The molecular formula is C31H39F3O. The lowest BCUT2D eigenvalue weighted by atomic mass is 9.75. The van der Waals surface area contributed by atoms with Gasteiger partial charge in [0.1, 0.15) is 6.67 Å². The molecular weight excluding hydrogens is 445 g/mol. The Labute approximate surface area is 208 Å². The van der Waals surface area contributed by atoms with Gasteiger partial charge in [0.25, 0.3) is 0 Å². The molecule has 35 heavy (non-hydrogen) atoms. The maximum Gasteiger partial charge on any atom is 0.200 e. The minimum absolute atomic E-state index is 0.00121. The molecule has 2 aliphatic rings. The van der Waals surface area contributed by atoms with E-state index in [4.69, 9.17) is 4.74 Å². The van der Waals surface area contributed by atoms with E-state index < -0.39 is 11.6 Å². The van der Waals surface area contributed by atoms with Gasteiger partial charge in [-0.15, -0.1) is 0 Å². The fourth-order valence-corrected chi connectivity index (χ4v) is 6.11. The average Bonchev–Trinajstić information content (AvgIpc) is 2.90. The van der Waals surface area contributed by atoms with Gasteiger partial charge in [0.05, 0.1) is 6.61 Å². The van der Waals surface area contributed by atoms with Gasteiger partial charge in [0.15, 0.2) is 11.6 Å². The van der Waals surface area contributed by atoms with Crippen LogP contribution in [0.2, 0.25) is 0 Å². The number of halogens is 3. The molecule has 190 valence electrons. The number of ether oxygens (including phenoxy) is 1. The monoisotopic (exact) mass is 484 g/mol. The molecule has 2 saturated carbocycles. The van der Waals surface area contributed by atoms with Crippen molar-refractivity contribution in [1.29, 1.82) is 0 Å². The van der Waals surface area contributed by atoms with E-state index in [0.29, 0.717) is 42.3 Å². The zero-order chi connectivity index (χ0) is 24.6. The van der Waals surface area contributed by atoms with Crippen molar-refractivity contribution in [3.63, 3.8) is 0 Å². The molecule has 0 bridgehead atoms. The van der Waals surface area contributed by atoms with Gasteiger partial charge < -0.3 is 4.74 Å². The number of aryl methyl sites for hydroxylation is 1. The molecule has 0 aliphatic heterocycles. The molecule has 0 radical (unpaired) electrons. The van der Waals surface area contributed by atoms with Crippen molar-refractivity contribution in [2.75, 3.05) is 13.3 Å². The third kappa shape index (κ3) is 6.71. The summed E-state index contributed by atoms with van der Waals surface area (Å²) in [5.41, 5.74) is 3.34. The van der Waals surface area contributed by atoms with Crippen LogP contribution < -0.4 is 4.74 Å². The number of hydrogen-bond donors (Lipinski definition) is 0. The van der Waals surface area contributed by atoms with Crippen molar-refractivity contribution >= 4 is 0 Å². The molecule has 2 aliphatic carbocycles. The molecule has 2 aromatic carbocycles. The quantitative estimate of drug-likeness (QED) is 0.323. The van der Waals surface area contributed by atoms with Crippen molar-refractivity contribution < 1.29 is 17.9 Å². The van der Waals surface area contributed by atoms with E-state index in [1.807, 2.05) is 0 Å². The first-order valence-corrected chi connectivity index (χ1v) is 13.5. The Morgan fingerprint density at radius 2 is 1.40 bits per heavy atom. The largest absolute Gasteiger partial charge is 0.491 e. The minimum atomic E-state index is -0.863. The maximum absolute atomic E-state index is 14.4. The molecule has 0 amide bonds. The normalized spacial score (nSPS) is 25.1. The number of hydrogen-bond acceptors (Lipinski definition) is 1. The second kappa shape index (κ2) is 12.6. The molecule has 0 unspecified atom stereocenters. The maximum atomic E-state index is 14.4. The van der Waals surface area contributed by atoms with Crippen LogP contribution in [0.5, 0.6) is 5.75 Å². The lowest BCUT2D eigenvalue weighted by Gasteiger charge is -2.30. The van der Waals surface area contributed by atoms with E-state index in [0.717, 1.165) is 44.9 Å². The smallest absolute Gasteiger partial charge is 0.200 e. The van der Waals surface area contributed by atoms with E-state index in [2.05, 4.69) is 30.3 Å². The van der Waals surface area contributed by atoms with Gasteiger partial charge in [-0.05, 0) is 118 Å². The fraction of sp³-hybridized carbons (Fsp3) is 0.548. The molecule has 0 saturated heterocycles. The molecule has 0 N–H and O–H groups in total. The van der Waals surface area contributed by atoms with Crippen molar-refractivity contribution in [3.8, 4) is 5.75 Å². The molecule has 2 aromatic rings. The van der Waals surface area contributed by atoms with Crippen LogP contribution in [0.3, 0.4) is 0 Å². The Hall–Kier alpha value is -2.23. The Morgan fingerprint density at radius 3 is 1.97 bits per heavy atom. The van der Waals surface area contributed by atoms with Crippen LogP contribution in [0.25, 0.3) is 0 Å². The molecule has 4 rings (SSSR count). The highest BCUT2D eigenvalue weighted by Crippen LogP contribution is 2.40. The first-order valence-electron chi connectivity index (χ1n) is 13.5. The SMILES string of the molecule is CCOc1ccc(CCC2CCC(c3ccc(C4CCC(/C=C/CF)CC4)cc3)CC2)c(F)c1F. The Bertz CT molecular complexity index is 952. The third-order valence-electron chi connectivity index (χ3n) is 8.24. The molecule has 0 aromatic heterocycles. The summed E-state index contributed by atoms with van der Waals surface area (Å²) < 4.78 is 46.0. The second-order valence-electron chi connectivity index (χ2n) is 10.4. The van der Waals surface area contributed by atoms with Crippen molar-refractivity contribution in [2.24, 2.45) is 11.8 Å². The van der Waals surface area contributed by atoms with E-state index in [1.165, 1.54) is 24.0 Å². The van der Waals surface area contributed by atoms with Crippen molar-refractivity contribution in [2.45, 2.75) is 83.0 Å². The lowest BCUT2D eigenvalue weighted by Crippen LogP contribution is -2.15. The predicted octanol–water partition coefficient (Wildman–Crippen LogP) is 9.07. The Balaban J connectivity index is 1.23. The summed E-state index contributed by atoms with van der Waals surface area (Å²) in [5, 5.41) is 0. The number of benzene rings is 2. The highest BCUT2D eigenvalue weighted by Gasteiger charge is 2.25. The summed E-state index contributed by atoms with van der Waals surface area (Å²) in [6.07, 6.45) is 14.5. The number of allylic oxidation sites excluding steroid dienone is 2. The summed E-state index contributed by atoms with van der Waals surface area (Å²) in [7, 11) is 0. The molecule has 0 heterocycles. The molecule has 4 heteroatoms. The van der Waals surface area contributed by atoms with E-state index in [1.54, 1.807) is 25.1 Å². The lowest BCUT2D eigenvalue weighted by molar-refractivity contribution is 0.305. The van der Waals surface area contributed by atoms with E-state index in [9.17, 15) is 13.2 Å². The summed E-state index contributed by atoms with van der Waals surface area (Å²) in [6, 6.07) is 12.5. The summed E-state index contributed by atoms with van der Waals surface area (Å²) in [6.45, 7) is 1.73. The van der Waals surface area contributed by atoms with Gasteiger partial charge in [-0.2, -0.15) is 4.39 Å². The third-order valence-corrected chi connectivity index (χ3v) is 8.24. The van der Waals surface area contributed by atoms with Gasteiger partial charge in [-0.1, -0.05) is 42.5 Å². The van der Waals surface area contributed by atoms with Gasteiger partial charge in [0.2, 0.25) is 5.82 Å². The standard InChI is InChI=1S/C31H39F3O/c1-2-35-29-20-19-28(30(33)31(29)34)14-9-23-7-12-25(13-8-23)27-17-15-26(16-18-27)24-10-5-22(6-11-24)4-3-21-32/h3-4,15-20,22-25H,2,5-14,21H2,1H3/b4-3+. The predicted molar refractivity (Wildman–Crippen MR) is 137 cm³/mol. The zero-order valence-corrected chi connectivity index (χ0v) is 21.0. The van der Waals surface area contributed by atoms with Gasteiger partial charge >= 0.3 is 0 Å². The van der Waals surface area contributed by atoms with E-state index in [-0.39, 0.29) is 12.4 Å². The van der Waals surface area contributed by atoms with Crippen LogP contribution in [-0.2, 0) is 6.42 Å². The molecule has 0 atom stereocenters.